The summed E-state index contributed by atoms with van der Waals surface area (Å²) < 4.78 is 6.99. The summed E-state index contributed by atoms with van der Waals surface area (Å²) in [5, 5.41) is 4.19. The largest absolute Gasteiger partial charge is 0.469 e. The van der Waals surface area contributed by atoms with Gasteiger partial charge in [0.15, 0.2) is 0 Å². The second-order valence-electron chi connectivity index (χ2n) is 8.30. The molecule has 0 bridgehead atoms. The number of aromatic nitrogens is 1. The Labute approximate surface area is 191 Å². The average Bonchev–Trinajstić information content (AvgIpc) is 3.41. The average molecular weight is 450 g/mol. The number of aryl methyl sites for hydroxylation is 1. The minimum absolute atomic E-state index is 0.154. The molecule has 0 radical (unpaired) electrons. The molecule has 2 aliphatic rings. The SMILES string of the molecule is COC(=O)CCNC(=O)N1Cc2c(sc3c2CCCC3)-n2cccc2[C@@H]1c1ccccc1. The number of fused-ring (bicyclic) bond motifs is 5. The molecule has 1 aliphatic carbocycles. The van der Waals surface area contributed by atoms with Crippen LogP contribution in [0, 0.1) is 0 Å². The zero-order chi connectivity index (χ0) is 22.1. The molecule has 0 unspecified atom stereocenters. The molecule has 0 fully saturated rings. The number of nitrogens with one attached hydrogen (secondary N) is 1. The van der Waals surface area contributed by atoms with Gasteiger partial charge in [0.05, 0.1) is 31.8 Å². The van der Waals surface area contributed by atoms with Crippen molar-refractivity contribution in [1.82, 2.24) is 14.8 Å². The fourth-order valence-electron chi connectivity index (χ4n) is 4.85. The topological polar surface area (TPSA) is 63.6 Å². The van der Waals surface area contributed by atoms with Gasteiger partial charge in [0.2, 0.25) is 0 Å². The second kappa shape index (κ2) is 8.82. The highest BCUT2D eigenvalue weighted by Crippen LogP contribution is 2.43. The van der Waals surface area contributed by atoms with Crippen molar-refractivity contribution in [2.75, 3.05) is 13.7 Å². The minimum atomic E-state index is -0.330. The summed E-state index contributed by atoms with van der Waals surface area (Å²) in [5.74, 6) is -0.330. The highest BCUT2D eigenvalue weighted by atomic mass is 32.1. The number of ether oxygens (including phenoxy) is 1. The molecular formula is C25H27N3O3S. The van der Waals surface area contributed by atoms with Gasteiger partial charge in [-0.25, -0.2) is 4.79 Å². The predicted molar refractivity (Wildman–Crippen MR) is 124 cm³/mol. The standard InChI is InChI=1S/C25H27N3O3S/c1-31-22(29)13-14-26-25(30)28-16-19-18-10-5-6-12-21(18)32-24(19)27-15-7-11-20(27)23(28)17-8-3-2-4-9-17/h2-4,7-9,11,15,23H,5-6,10,12-14,16H2,1H3,(H,26,30)/t23-/m0/s1. The molecule has 0 saturated heterocycles. The van der Waals surface area contributed by atoms with Gasteiger partial charge in [-0.05, 0) is 48.9 Å². The number of esters is 1. The van der Waals surface area contributed by atoms with E-state index in [0.29, 0.717) is 6.54 Å². The highest BCUT2D eigenvalue weighted by Gasteiger charge is 2.35. The maximum Gasteiger partial charge on any atom is 0.318 e. The fourth-order valence-corrected chi connectivity index (χ4v) is 6.25. The summed E-state index contributed by atoms with van der Waals surface area (Å²) >= 11 is 1.88. The van der Waals surface area contributed by atoms with Crippen LogP contribution in [0.1, 0.15) is 52.6 Å². The Morgan fingerprint density at radius 1 is 1.09 bits per heavy atom. The van der Waals surface area contributed by atoms with Gasteiger partial charge in [0.1, 0.15) is 5.00 Å². The Balaban J connectivity index is 1.57. The molecule has 32 heavy (non-hydrogen) atoms. The van der Waals surface area contributed by atoms with Gasteiger partial charge >= 0.3 is 12.0 Å². The van der Waals surface area contributed by atoms with Gasteiger partial charge < -0.3 is 19.5 Å². The van der Waals surface area contributed by atoms with E-state index in [9.17, 15) is 9.59 Å². The summed E-state index contributed by atoms with van der Waals surface area (Å²) in [7, 11) is 1.36. The summed E-state index contributed by atoms with van der Waals surface area (Å²) in [4.78, 5) is 28.4. The van der Waals surface area contributed by atoms with Gasteiger partial charge in [-0.3, -0.25) is 4.79 Å². The molecule has 5 rings (SSSR count). The minimum Gasteiger partial charge on any atom is -0.469 e. The molecule has 0 saturated carbocycles. The van der Waals surface area contributed by atoms with Crippen molar-refractivity contribution in [2.45, 2.75) is 44.7 Å². The van der Waals surface area contributed by atoms with E-state index in [1.165, 1.54) is 41.0 Å². The van der Waals surface area contributed by atoms with E-state index in [2.05, 4.69) is 40.3 Å². The van der Waals surface area contributed by atoms with Crippen LogP contribution in [0.3, 0.4) is 0 Å². The molecular weight excluding hydrogens is 422 g/mol. The van der Waals surface area contributed by atoms with E-state index in [1.54, 1.807) is 0 Å². The maximum absolute atomic E-state index is 13.5. The first-order valence-corrected chi connectivity index (χ1v) is 12.0. The smallest absolute Gasteiger partial charge is 0.318 e. The molecule has 1 aliphatic heterocycles. The van der Waals surface area contributed by atoms with Crippen LogP contribution in [0.4, 0.5) is 4.79 Å². The van der Waals surface area contributed by atoms with Crippen molar-refractivity contribution < 1.29 is 14.3 Å². The normalized spacial score (nSPS) is 17.0. The third-order valence-electron chi connectivity index (χ3n) is 6.39. The lowest BCUT2D eigenvalue weighted by atomic mass is 9.95. The van der Waals surface area contributed by atoms with Crippen LogP contribution >= 0.6 is 11.3 Å². The molecule has 2 aromatic heterocycles. The summed E-state index contributed by atoms with van der Waals surface area (Å²) in [6, 6.07) is 14.0. The number of carbonyl (C=O) groups is 2. The Morgan fingerprint density at radius 3 is 2.72 bits per heavy atom. The van der Waals surface area contributed by atoms with Crippen LogP contribution in [0.15, 0.2) is 48.7 Å². The molecule has 1 aromatic carbocycles. The number of methoxy groups -OCH3 is 1. The Bertz CT molecular complexity index is 1130. The third-order valence-corrected chi connectivity index (χ3v) is 7.72. The lowest BCUT2D eigenvalue weighted by molar-refractivity contribution is -0.140. The molecule has 6 nitrogen and oxygen atoms in total. The fraction of sp³-hybridized carbons (Fsp3) is 0.360. The van der Waals surface area contributed by atoms with Crippen LogP contribution in [0.25, 0.3) is 5.00 Å². The monoisotopic (exact) mass is 449 g/mol. The van der Waals surface area contributed by atoms with E-state index in [-0.39, 0.29) is 31.0 Å². The van der Waals surface area contributed by atoms with Gasteiger partial charge in [-0.15, -0.1) is 11.3 Å². The molecule has 7 heteroatoms. The number of amides is 2. The van der Waals surface area contributed by atoms with Crippen molar-refractivity contribution in [2.24, 2.45) is 0 Å². The first-order valence-electron chi connectivity index (χ1n) is 11.1. The number of rotatable bonds is 4. The number of urea groups is 1. The van der Waals surface area contributed by atoms with Gasteiger partial charge in [-0.2, -0.15) is 0 Å². The Morgan fingerprint density at radius 2 is 1.91 bits per heavy atom. The van der Waals surface area contributed by atoms with Crippen molar-refractivity contribution >= 4 is 23.3 Å². The van der Waals surface area contributed by atoms with E-state index >= 15 is 0 Å². The van der Waals surface area contributed by atoms with Crippen LogP contribution in [-0.2, 0) is 28.9 Å². The zero-order valence-electron chi connectivity index (χ0n) is 18.2. The van der Waals surface area contributed by atoms with Crippen LogP contribution in [0.2, 0.25) is 0 Å². The van der Waals surface area contributed by atoms with Crippen LogP contribution in [-0.4, -0.2) is 35.1 Å². The van der Waals surface area contributed by atoms with Gasteiger partial charge in [0.25, 0.3) is 0 Å². The number of hydrogen-bond acceptors (Lipinski definition) is 4. The lowest BCUT2D eigenvalue weighted by Crippen LogP contribution is -2.42. The summed E-state index contributed by atoms with van der Waals surface area (Å²) in [5.41, 5.74) is 4.84. The number of carbonyl (C=O) groups excluding carboxylic acids is 2. The summed E-state index contributed by atoms with van der Waals surface area (Å²) in [6.45, 7) is 0.797. The lowest BCUT2D eigenvalue weighted by Gasteiger charge is -2.31. The third kappa shape index (κ3) is 3.71. The predicted octanol–water partition coefficient (Wildman–Crippen LogP) is 4.60. The molecule has 1 N–H and O–H groups in total. The van der Waals surface area contributed by atoms with E-state index in [1.807, 2.05) is 34.4 Å². The molecule has 3 heterocycles. The van der Waals surface area contributed by atoms with E-state index in [4.69, 9.17) is 4.74 Å². The maximum atomic E-state index is 13.5. The van der Waals surface area contributed by atoms with Crippen molar-refractivity contribution in [3.8, 4) is 5.00 Å². The molecule has 0 spiro atoms. The molecule has 2 amide bonds. The summed E-state index contributed by atoms with van der Waals surface area (Å²) in [6.07, 6.45) is 6.90. The van der Waals surface area contributed by atoms with Gasteiger partial charge in [0, 0.05) is 23.2 Å². The number of hydrogen-bond donors (Lipinski definition) is 1. The Hall–Kier alpha value is -3.06. The number of thiophene rings is 1. The molecule has 166 valence electrons. The van der Waals surface area contributed by atoms with Crippen molar-refractivity contribution in [3.63, 3.8) is 0 Å². The van der Waals surface area contributed by atoms with Crippen LogP contribution in [0.5, 0.6) is 0 Å². The first-order chi connectivity index (χ1) is 15.7. The number of nitrogens with zero attached hydrogens (tertiary/aromatic N) is 2. The van der Waals surface area contributed by atoms with Crippen molar-refractivity contribution in [1.29, 1.82) is 0 Å². The highest BCUT2D eigenvalue weighted by molar-refractivity contribution is 7.15. The first kappa shape index (κ1) is 20.8. The molecule has 3 aromatic rings. The van der Waals surface area contributed by atoms with Crippen molar-refractivity contribution in [3.05, 3.63) is 75.9 Å². The zero-order valence-corrected chi connectivity index (χ0v) is 19.0. The number of benzene rings is 1. The second-order valence-corrected chi connectivity index (χ2v) is 9.38. The quantitative estimate of drug-likeness (QED) is 0.593. The van der Waals surface area contributed by atoms with E-state index in [0.717, 1.165) is 24.1 Å². The van der Waals surface area contributed by atoms with Gasteiger partial charge in [-0.1, -0.05) is 30.3 Å². The molecule has 1 atom stereocenters. The Kier molecular flexibility index (Phi) is 5.74. The van der Waals surface area contributed by atoms with Crippen LogP contribution < -0.4 is 5.32 Å². The van der Waals surface area contributed by atoms with E-state index < -0.39 is 0 Å².